The van der Waals surface area contributed by atoms with Crippen LogP contribution >= 0.6 is 11.6 Å². The minimum absolute atomic E-state index is 0.294. The van der Waals surface area contributed by atoms with Gasteiger partial charge in [0.25, 0.3) is 0 Å². The molecule has 4 rings (SSSR count). The molecule has 1 saturated carbocycles. The molecule has 7 nitrogen and oxygen atoms in total. The molecule has 0 saturated heterocycles. The summed E-state index contributed by atoms with van der Waals surface area (Å²) >= 11 is 6.02. The van der Waals surface area contributed by atoms with Crippen molar-refractivity contribution in [1.82, 2.24) is 15.3 Å². The molecule has 8 heteroatoms. The van der Waals surface area contributed by atoms with E-state index in [1.165, 1.54) is 0 Å². The molecule has 0 spiro atoms. The molecule has 1 amide bonds. The van der Waals surface area contributed by atoms with Crippen LogP contribution in [-0.2, 0) is 4.74 Å². The summed E-state index contributed by atoms with van der Waals surface area (Å²) in [6.07, 6.45) is 3.69. The number of amides is 1. The first kappa shape index (κ1) is 24.1. The van der Waals surface area contributed by atoms with E-state index in [0.29, 0.717) is 29.5 Å². The highest BCUT2D eigenvalue weighted by Gasteiger charge is 2.23. The molecule has 3 N–H and O–H groups in total. The van der Waals surface area contributed by atoms with Gasteiger partial charge >= 0.3 is 6.09 Å². The van der Waals surface area contributed by atoms with Crippen molar-refractivity contribution in [3.05, 3.63) is 53.6 Å². The third kappa shape index (κ3) is 6.73. The lowest BCUT2D eigenvalue weighted by Crippen LogP contribution is -2.37. The van der Waals surface area contributed by atoms with Crippen LogP contribution in [0.15, 0.2) is 48.5 Å². The van der Waals surface area contributed by atoms with Gasteiger partial charge in [-0.1, -0.05) is 23.7 Å². The first-order valence-corrected chi connectivity index (χ1v) is 12.2. The zero-order chi connectivity index (χ0) is 24.1. The Bertz CT molecular complexity index is 1120. The Morgan fingerprint density at radius 2 is 1.74 bits per heavy atom. The molecule has 1 aromatic heterocycles. The normalized spacial score (nSPS) is 18.4. The molecule has 3 aromatic rings. The fraction of sp³-hybridized carbons (Fsp3) is 0.423. The Labute approximate surface area is 205 Å². The van der Waals surface area contributed by atoms with Crippen LogP contribution in [0.3, 0.4) is 0 Å². The molecular formula is C26H32ClN5O2. The lowest BCUT2D eigenvalue weighted by molar-refractivity contribution is 0.0515. The van der Waals surface area contributed by atoms with E-state index < -0.39 is 5.60 Å². The summed E-state index contributed by atoms with van der Waals surface area (Å²) in [7, 11) is 0. The third-order valence-corrected chi connectivity index (χ3v) is 6.08. The Morgan fingerprint density at radius 1 is 1.03 bits per heavy atom. The van der Waals surface area contributed by atoms with Gasteiger partial charge in [0.2, 0.25) is 5.95 Å². The summed E-state index contributed by atoms with van der Waals surface area (Å²) in [5.41, 5.74) is 1.32. The number of ether oxygens (including phenoxy) is 1. The van der Waals surface area contributed by atoms with Crippen LogP contribution in [-0.4, -0.2) is 34.2 Å². The Kier molecular flexibility index (Phi) is 7.41. The van der Waals surface area contributed by atoms with E-state index in [-0.39, 0.29) is 6.09 Å². The van der Waals surface area contributed by atoms with Crippen molar-refractivity contribution in [2.24, 2.45) is 5.92 Å². The van der Waals surface area contributed by atoms with Crippen molar-refractivity contribution < 1.29 is 9.53 Å². The smallest absolute Gasteiger partial charge is 0.407 e. The van der Waals surface area contributed by atoms with Gasteiger partial charge in [0.15, 0.2) is 0 Å². The number of anilines is 3. The average molecular weight is 482 g/mol. The molecule has 2 aromatic carbocycles. The molecule has 180 valence electrons. The van der Waals surface area contributed by atoms with Gasteiger partial charge < -0.3 is 20.7 Å². The van der Waals surface area contributed by atoms with Crippen LogP contribution in [0, 0.1) is 5.92 Å². The number of carbonyl (C=O) groups is 1. The molecular weight excluding hydrogens is 450 g/mol. The summed E-state index contributed by atoms with van der Waals surface area (Å²) in [5, 5.41) is 11.5. The van der Waals surface area contributed by atoms with E-state index in [1.54, 1.807) is 0 Å². The van der Waals surface area contributed by atoms with Crippen molar-refractivity contribution >= 4 is 46.1 Å². The molecule has 0 bridgehead atoms. The van der Waals surface area contributed by atoms with E-state index in [9.17, 15) is 4.79 Å². The van der Waals surface area contributed by atoms with Crippen molar-refractivity contribution in [3.63, 3.8) is 0 Å². The second-order valence-electron chi connectivity index (χ2n) is 9.79. The topological polar surface area (TPSA) is 88.2 Å². The number of fused-ring (bicyclic) bond motifs is 1. The Hall–Kier alpha value is -3.06. The van der Waals surface area contributed by atoms with Gasteiger partial charge in [0.1, 0.15) is 11.4 Å². The number of para-hydroxylation sites is 1. The van der Waals surface area contributed by atoms with Gasteiger partial charge in [-0.25, -0.2) is 9.78 Å². The number of halogens is 1. The zero-order valence-electron chi connectivity index (χ0n) is 19.9. The third-order valence-electron chi connectivity index (χ3n) is 5.82. The van der Waals surface area contributed by atoms with Gasteiger partial charge in [-0.2, -0.15) is 4.98 Å². The van der Waals surface area contributed by atoms with Crippen molar-refractivity contribution in [3.8, 4) is 0 Å². The first-order valence-electron chi connectivity index (χ1n) is 11.8. The first-order chi connectivity index (χ1) is 16.2. The van der Waals surface area contributed by atoms with Crippen LogP contribution < -0.4 is 16.0 Å². The molecule has 0 aliphatic heterocycles. The molecule has 1 heterocycles. The monoisotopic (exact) mass is 481 g/mol. The van der Waals surface area contributed by atoms with Gasteiger partial charge in [-0.3, -0.25) is 0 Å². The standard InChI is InChI=1S/C26H32ClN5O2/c1-26(2,3)34-25(33)28-16-17-8-12-20(13-9-17)30-24-31-22-7-5-4-6-21(22)23(32-24)29-19-14-10-18(27)11-15-19/h4-7,10-11,14-15,17,20H,8-9,12-13,16H2,1-3H3,(H,28,33)(H2,29,30,31,32)/t17-,20-. The van der Waals surface area contributed by atoms with Gasteiger partial charge in [-0.15, -0.1) is 0 Å². The largest absolute Gasteiger partial charge is 0.444 e. The van der Waals surface area contributed by atoms with Gasteiger partial charge in [0, 0.05) is 28.7 Å². The highest BCUT2D eigenvalue weighted by Crippen LogP contribution is 2.29. The van der Waals surface area contributed by atoms with Crippen molar-refractivity contribution in [2.45, 2.75) is 58.1 Å². The number of hydrogen-bond acceptors (Lipinski definition) is 6. The van der Waals surface area contributed by atoms with Gasteiger partial charge in [-0.05, 0) is 88.8 Å². The lowest BCUT2D eigenvalue weighted by atomic mass is 9.86. The van der Waals surface area contributed by atoms with Crippen LogP contribution in [0.2, 0.25) is 5.02 Å². The molecule has 1 aliphatic carbocycles. The summed E-state index contributed by atoms with van der Waals surface area (Å²) in [6, 6.07) is 15.8. The summed E-state index contributed by atoms with van der Waals surface area (Å²) in [6.45, 7) is 6.25. The zero-order valence-corrected chi connectivity index (χ0v) is 20.7. The maximum Gasteiger partial charge on any atom is 0.407 e. The van der Waals surface area contributed by atoms with E-state index in [4.69, 9.17) is 26.3 Å². The van der Waals surface area contributed by atoms with Crippen LogP contribution in [0.1, 0.15) is 46.5 Å². The van der Waals surface area contributed by atoms with Crippen LogP contribution in [0.25, 0.3) is 10.9 Å². The molecule has 34 heavy (non-hydrogen) atoms. The number of nitrogens with one attached hydrogen (secondary N) is 3. The second kappa shape index (κ2) is 10.5. The van der Waals surface area contributed by atoms with Crippen molar-refractivity contribution in [2.75, 3.05) is 17.2 Å². The van der Waals surface area contributed by atoms with Crippen molar-refractivity contribution in [1.29, 1.82) is 0 Å². The number of alkyl carbamates (subject to hydrolysis) is 1. The number of rotatable bonds is 6. The van der Waals surface area contributed by atoms with Crippen LogP contribution in [0.5, 0.6) is 0 Å². The SMILES string of the molecule is CC(C)(C)OC(=O)NC[C@H]1CC[C@H](Nc2nc(Nc3ccc(Cl)cc3)c3ccccc3n2)CC1. The maximum atomic E-state index is 11.9. The van der Waals surface area contributed by atoms with Crippen LogP contribution in [0.4, 0.5) is 22.2 Å². The second-order valence-corrected chi connectivity index (χ2v) is 10.2. The number of hydrogen-bond donors (Lipinski definition) is 3. The van der Waals surface area contributed by atoms with E-state index in [1.807, 2.05) is 69.3 Å². The summed E-state index contributed by atoms with van der Waals surface area (Å²) < 4.78 is 5.33. The van der Waals surface area contributed by atoms with E-state index in [2.05, 4.69) is 16.0 Å². The Morgan fingerprint density at radius 3 is 2.44 bits per heavy atom. The predicted molar refractivity (Wildman–Crippen MR) is 138 cm³/mol. The highest BCUT2D eigenvalue weighted by molar-refractivity contribution is 6.30. The van der Waals surface area contributed by atoms with E-state index >= 15 is 0 Å². The Balaban J connectivity index is 1.37. The summed E-state index contributed by atoms with van der Waals surface area (Å²) in [4.78, 5) is 21.4. The fourth-order valence-electron chi connectivity index (χ4n) is 4.14. The molecule has 0 radical (unpaired) electrons. The quantitative estimate of drug-likeness (QED) is 0.371. The number of nitrogens with zero attached hydrogens (tertiary/aromatic N) is 2. The summed E-state index contributed by atoms with van der Waals surface area (Å²) in [5.74, 6) is 1.82. The molecule has 0 unspecified atom stereocenters. The molecule has 1 fully saturated rings. The molecule has 0 atom stereocenters. The molecule has 1 aliphatic rings. The number of aromatic nitrogens is 2. The maximum absolute atomic E-state index is 11.9. The number of carbonyl (C=O) groups excluding carboxylic acids is 1. The van der Waals surface area contributed by atoms with E-state index in [0.717, 1.165) is 48.1 Å². The van der Waals surface area contributed by atoms with Gasteiger partial charge in [0.05, 0.1) is 5.52 Å². The number of benzene rings is 2. The minimum atomic E-state index is -0.479. The minimum Gasteiger partial charge on any atom is -0.444 e. The predicted octanol–water partition coefficient (Wildman–Crippen LogP) is 6.52. The lowest BCUT2D eigenvalue weighted by Gasteiger charge is -2.29. The fourth-order valence-corrected chi connectivity index (χ4v) is 4.27. The average Bonchev–Trinajstić information content (AvgIpc) is 2.79. The highest BCUT2D eigenvalue weighted by atomic mass is 35.5.